The van der Waals surface area contributed by atoms with Crippen LogP contribution >= 0.6 is 0 Å². The summed E-state index contributed by atoms with van der Waals surface area (Å²) < 4.78 is 1.28. The molecule has 0 N–H and O–H groups in total. The van der Waals surface area contributed by atoms with Gasteiger partial charge in [-0.15, -0.1) is 5.10 Å². The molecule has 0 spiro atoms. The van der Waals surface area contributed by atoms with Crippen molar-refractivity contribution in [3.05, 3.63) is 12.4 Å². The molecule has 17 heavy (non-hydrogen) atoms. The first-order chi connectivity index (χ1) is 7.98. The fraction of sp³-hybridized carbons (Fsp3) is 0.727. The van der Waals surface area contributed by atoms with E-state index in [2.05, 4.69) is 36.0 Å². The first kappa shape index (κ1) is 12.0. The van der Waals surface area contributed by atoms with Crippen molar-refractivity contribution in [1.29, 1.82) is 0 Å². The van der Waals surface area contributed by atoms with Crippen LogP contribution in [0.4, 0.5) is 4.79 Å². The van der Waals surface area contributed by atoms with Crippen molar-refractivity contribution in [2.45, 2.75) is 26.3 Å². The number of carbonyl (C=O) groups excluding carboxylic acids is 1. The van der Waals surface area contributed by atoms with Crippen LogP contribution in [0.2, 0.25) is 0 Å². The van der Waals surface area contributed by atoms with Gasteiger partial charge in [0, 0.05) is 31.7 Å². The SMILES string of the molecule is CC(C)(C)N1CCN(C(=O)n2ccnn2)CC1. The maximum absolute atomic E-state index is 12.0. The maximum atomic E-state index is 12.0. The van der Waals surface area contributed by atoms with Crippen LogP contribution in [-0.2, 0) is 0 Å². The molecule has 1 aliphatic heterocycles. The molecule has 0 bridgehead atoms. The number of amides is 1. The molecule has 1 aromatic heterocycles. The lowest BCUT2D eigenvalue weighted by molar-refractivity contribution is 0.0739. The second-order valence-electron chi connectivity index (χ2n) is 5.28. The minimum absolute atomic E-state index is 0.0870. The van der Waals surface area contributed by atoms with E-state index in [0.717, 1.165) is 26.2 Å². The van der Waals surface area contributed by atoms with Crippen LogP contribution in [0.15, 0.2) is 12.4 Å². The minimum Gasteiger partial charge on any atom is -0.320 e. The Hall–Kier alpha value is -1.43. The first-order valence-corrected chi connectivity index (χ1v) is 5.89. The molecule has 0 radical (unpaired) electrons. The van der Waals surface area contributed by atoms with Crippen molar-refractivity contribution in [2.75, 3.05) is 26.2 Å². The van der Waals surface area contributed by atoms with Crippen LogP contribution in [0.1, 0.15) is 20.8 Å². The van der Waals surface area contributed by atoms with E-state index >= 15 is 0 Å². The number of carbonyl (C=O) groups is 1. The van der Waals surface area contributed by atoms with Gasteiger partial charge in [0.2, 0.25) is 0 Å². The van der Waals surface area contributed by atoms with Crippen molar-refractivity contribution in [2.24, 2.45) is 0 Å². The zero-order valence-electron chi connectivity index (χ0n) is 10.6. The number of aromatic nitrogens is 3. The lowest BCUT2D eigenvalue weighted by Gasteiger charge is -2.41. The Labute approximate surface area is 101 Å². The fourth-order valence-electron chi connectivity index (χ4n) is 2.02. The minimum atomic E-state index is -0.0870. The normalized spacial score (nSPS) is 18.4. The summed E-state index contributed by atoms with van der Waals surface area (Å²) in [5.41, 5.74) is 0.169. The molecule has 0 aliphatic carbocycles. The second kappa shape index (κ2) is 4.44. The average molecular weight is 237 g/mol. The Bertz CT molecular complexity index is 373. The third-order valence-electron chi connectivity index (χ3n) is 3.12. The second-order valence-corrected chi connectivity index (χ2v) is 5.28. The van der Waals surface area contributed by atoms with Gasteiger partial charge < -0.3 is 4.90 Å². The summed E-state index contributed by atoms with van der Waals surface area (Å²) in [7, 11) is 0. The predicted octanol–water partition coefficient (Wildman–Crippen LogP) is 0.662. The topological polar surface area (TPSA) is 54.3 Å². The molecule has 0 atom stereocenters. The van der Waals surface area contributed by atoms with Crippen molar-refractivity contribution < 1.29 is 4.79 Å². The van der Waals surface area contributed by atoms with Gasteiger partial charge in [-0.3, -0.25) is 4.90 Å². The Morgan fingerprint density at radius 1 is 1.18 bits per heavy atom. The van der Waals surface area contributed by atoms with Crippen LogP contribution in [0, 0.1) is 0 Å². The Kier molecular flexibility index (Phi) is 3.15. The monoisotopic (exact) mass is 237 g/mol. The zero-order chi connectivity index (χ0) is 12.5. The molecule has 6 nitrogen and oxygen atoms in total. The van der Waals surface area contributed by atoms with Gasteiger partial charge in [-0.1, -0.05) is 5.21 Å². The highest BCUT2D eigenvalue weighted by molar-refractivity contribution is 5.75. The summed E-state index contributed by atoms with van der Waals surface area (Å²) in [6.45, 7) is 9.89. The third kappa shape index (κ3) is 2.63. The lowest BCUT2D eigenvalue weighted by Crippen LogP contribution is -2.55. The summed E-state index contributed by atoms with van der Waals surface area (Å²) in [5, 5.41) is 7.37. The van der Waals surface area contributed by atoms with Gasteiger partial charge in [0.1, 0.15) is 0 Å². The largest absolute Gasteiger partial charge is 0.346 e. The molecule has 0 aromatic carbocycles. The van der Waals surface area contributed by atoms with Crippen LogP contribution < -0.4 is 0 Å². The van der Waals surface area contributed by atoms with Crippen molar-refractivity contribution in [3.8, 4) is 0 Å². The van der Waals surface area contributed by atoms with Crippen LogP contribution in [0.5, 0.6) is 0 Å². The van der Waals surface area contributed by atoms with Crippen molar-refractivity contribution >= 4 is 6.03 Å². The summed E-state index contributed by atoms with van der Waals surface area (Å²) in [4.78, 5) is 16.2. The molecule has 6 heteroatoms. The summed E-state index contributed by atoms with van der Waals surface area (Å²) >= 11 is 0. The van der Waals surface area contributed by atoms with E-state index in [1.165, 1.54) is 10.9 Å². The zero-order valence-corrected chi connectivity index (χ0v) is 10.6. The maximum Gasteiger partial charge on any atom is 0.346 e. The molecule has 1 fully saturated rings. The van der Waals surface area contributed by atoms with Gasteiger partial charge in [0.15, 0.2) is 0 Å². The lowest BCUT2D eigenvalue weighted by atomic mass is 10.1. The Balaban J connectivity index is 1.94. The van der Waals surface area contributed by atoms with E-state index in [4.69, 9.17) is 0 Å². The highest BCUT2D eigenvalue weighted by Gasteiger charge is 2.28. The van der Waals surface area contributed by atoms with Crippen LogP contribution in [0.3, 0.4) is 0 Å². The molecule has 2 heterocycles. The molecule has 94 valence electrons. The number of piperazine rings is 1. The summed E-state index contributed by atoms with van der Waals surface area (Å²) in [6.07, 6.45) is 3.10. The van der Waals surface area contributed by atoms with Gasteiger partial charge in [0.25, 0.3) is 0 Å². The predicted molar refractivity (Wildman–Crippen MR) is 63.7 cm³/mol. The number of hydrogen-bond acceptors (Lipinski definition) is 4. The average Bonchev–Trinajstić information content (AvgIpc) is 2.80. The Morgan fingerprint density at radius 3 is 2.29 bits per heavy atom. The smallest absolute Gasteiger partial charge is 0.320 e. The van der Waals surface area contributed by atoms with E-state index in [1.807, 2.05) is 4.90 Å². The van der Waals surface area contributed by atoms with Crippen molar-refractivity contribution in [1.82, 2.24) is 24.8 Å². The molecule has 2 rings (SSSR count). The molecular weight excluding hydrogens is 218 g/mol. The van der Waals surface area contributed by atoms with Gasteiger partial charge in [-0.2, -0.15) is 4.68 Å². The van der Waals surface area contributed by atoms with E-state index in [9.17, 15) is 4.79 Å². The molecule has 1 saturated heterocycles. The highest BCUT2D eigenvalue weighted by Crippen LogP contribution is 2.15. The molecule has 1 amide bonds. The number of hydrogen-bond donors (Lipinski definition) is 0. The fourth-order valence-corrected chi connectivity index (χ4v) is 2.02. The van der Waals surface area contributed by atoms with Crippen LogP contribution in [-0.4, -0.2) is 62.5 Å². The van der Waals surface area contributed by atoms with Gasteiger partial charge in [0.05, 0.1) is 12.4 Å². The standard InChI is InChI=1S/C11H19N5O/c1-11(2,3)15-8-6-14(7-9-15)10(17)16-5-4-12-13-16/h4-5H,6-9H2,1-3H3. The molecule has 0 unspecified atom stereocenters. The molecule has 1 aromatic rings. The molecular formula is C11H19N5O. The van der Waals surface area contributed by atoms with Crippen molar-refractivity contribution in [3.63, 3.8) is 0 Å². The van der Waals surface area contributed by atoms with E-state index < -0.39 is 0 Å². The first-order valence-electron chi connectivity index (χ1n) is 5.89. The third-order valence-corrected chi connectivity index (χ3v) is 3.12. The number of nitrogens with zero attached hydrogens (tertiary/aromatic N) is 5. The quantitative estimate of drug-likeness (QED) is 0.665. The van der Waals surface area contributed by atoms with Gasteiger partial charge in [-0.05, 0) is 20.8 Å². The van der Waals surface area contributed by atoms with Crippen LogP contribution in [0.25, 0.3) is 0 Å². The molecule has 1 aliphatic rings. The summed E-state index contributed by atoms with van der Waals surface area (Å²) in [6, 6.07) is -0.0870. The molecule has 0 saturated carbocycles. The van der Waals surface area contributed by atoms with E-state index in [-0.39, 0.29) is 11.6 Å². The van der Waals surface area contributed by atoms with E-state index in [0.29, 0.717) is 0 Å². The van der Waals surface area contributed by atoms with Gasteiger partial charge in [-0.25, -0.2) is 4.79 Å². The Morgan fingerprint density at radius 2 is 1.82 bits per heavy atom. The summed E-state index contributed by atoms with van der Waals surface area (Å²) in [5.74, 6) is 0. The highest BCUT2D eigenvalue weighted by atomic mass is 16.2. The van der Waals surface area contributed by atoms with E-state index in [1.54, 1.807) is 6.20 Å². The van der Waals surface area contributed by atoms with Gasteiger partial charge >= 0.3 is 6.03 Å². The number of rotatable bonds is 0.